The minimum atomic E-state index is -2.75. The number of halogens is 5. The van der Waals surface area contributed by atoms with Gasteiger partial charge in [0.25, 0.3) is 6.43 Å². The molecule has 1 atom stereocenters. The lowest BCUT2D eigenvalue weighted by Crippen LogP contribution is -2.32. The van der Waals surface area contributed by atoms with E-state index in [1.165, 1.54) is 49.7 Å². The molecule has 0 bridgehead atoms. The highest BCUT2D eigenvalue weighted by Gasteiger charge is 2.36. The first-order valence-electron chi connectivity index (χ1n) is 7.00. The second-order valence-corrected chi connectivity index (χ2v) is 5.84. The van der Waals surface area contributed by atoms with Crippen LogP contribution in [0, 0.1) is 11.6 Å². The van der Waals surface area contributed by atoms with Gasteiger partial charge in [0.2, 0.25) is 5.69 Å². The molecule has 7 heteroatoms. The van der Waals surface area contributed by atoms with Crippen LogP contribution >= 0.6 is 11.6 Å². The van der Waals surface area contributed by atoms with Crippen LogP contribution in [0.4, 0.5) is 23.2 Å². The molecule has 24 heavy (non-hydrogen) atoms. The molecule has 0 spiro atoms. The summed E-state index contributed by atoms with van der Waals surface area (Å²) in [7, 11) is 1.49. The third-order valence-corrected chi connectivity index (χ3v) is 4.04. The van der Waals surface area contributed by atoms with E-state index in [0.717, 1.165) is 0 Å². The molecule has 0 fully saturated rings. The van der Waals surface area contributed by atoms with Crippen LogP contribution in [0.3, 0.4) is 0 Å². The monoisotopic (exact) mass is 355 g/mol. The minimum Gasteiger partial charge on any atom is -0.205 e. The zero-order valence-electron chi connectivity index (χ0n) is 12.5. The van der Waals surface area contributed by atoms with Crippen molar-refractivity contribution in [3.63, 3.8) is 0 Å². The SMILES string of the molecule is C[N+]1(c2c(F)cccc2-c2ccc(F)c(Cl)c2)C=CC(C(F)F)=N1. The molecule has 1 heterocycles. The highest BCUT2D eigenvalue weighted by Crippen LogP contribution is 2.40. The van der Waals surface area contributed by atoms with Gasteiger partial charge in [0.1, 0.15) is 19.1 Å². The Morgan fingerprint density at radius 2 is 1.83 bits per heavy atom. The topological polar surface area (TPSA) is 12.4 Å². The summed E-state index contributed by atoms with van der Waals surface area (Å²) in [5, 5.41) is 3.81. The van der Waals surface area contributed by atoms with Crippen LogP contribution in [0.15, 0.2) is 53.8 Å². The van der Waals surface area contributed by atoms with Crippen molar-refractivity contribution in [2.75, 3.05) is 7.05 Å². The number of alkyl halides is 2. The van der Waals surface area contributed by atoms with E-state index in [1.807, 2.05) is 0 Å². The van der Waals surface area contributed by atoms with Crippen LogP contribution in [0.1, 0.15) is 0 Å². The van der Waals surface area contributed by atoms with Crippen molar-refractivity contribution in [3.05, 3.63) is 65.3 Å². The zero-order chi connectivity index (χ0) is 17.5. The van der Waals surface area contributed by atoms with Gasteiger partial charge >= 0.3 is 0 Å². The largest absolute Gasteiger partial charge is 0.285 e. The van der Waals surface area contributed by atoms with E-state index in [0.29, 0.717) is 11.1 Å². The van der Waals surface area contributed by atoms with Crippen molar-refractivity contribution in [3.8, 4) is 11.1 Å². The van der Waals surface area contributed by atoms with Crippen molar-refractivity contribution < 1.29 is 17.6 Å². The van der Waals surface area contributed by atoms with E-state index >= 15 is 0 Å². The number of para-hydroxylation sites is 1. The Labute approximate surface area is 140 Å². The zero-order valence-corrected chi connectivity index (χ0v) is 13.2. The maximum absolute atomic E-state index is 14.5. The number of quaternary nitrogens is 1. The standard InChI is InChI=1S/C17H12ClF4N2/c1-24(8-7-15(23-24)17(21)22)16-11(3-2-4-14(16)20)10-5-6-13(19)12(18)9-10/h2-9,17H,1H3/q+1. The summed E-state index contributed by atoms with van der Waals surface area (Å²) in [6, 6.07) is 8.28. The number of hydrogen-bond acceptors (Lipinski definition) is 1. The number of rotatable bonds is 3. The molecule has 0 amide bonds. The van der Waals surface area contributed by atoms with Gasteiger partial charge in [-0.3, -0.25) is 0 Å². The number of benzene rings is 2. The Morgan fingerprint density at radius 3 is 2.46 bits per heavy atom. The molecular weight excluding hydrogens is 344 g/mol. The summed E-state index contributed by atoms with van der Waals surface area (Å²) in [5.74, 6) is -1.21. The van der Waals surface area contributed by atoms with Gasteiger partial charge in [-0.2, -0.15) is 0 Å². The van der Waals surface area contributed by atoms with Crippen molar-refractivity contribution in [1.29, 1.82) is 0 Å². The second kappa shape index (κ2) is 6.03. The van der Waals surface area contributed by atoms with Crippen LogP contribution < -0.4 is 4.59 Å². The fourth-order valence-corrected chi connectivity index (χ4v) is 2.82. The van der Waals surface area contributed by atoms with Gasteiger partial charge in [-0.1, -0.05) is 28.8 Å². The van der Waals surface area contributed by atoms with E-state index in [9.17, 15) is 17.6 Å². The Morgan fingerprint density at radius 1 is 1.08 bits per heavy atom. The molecule has 0 aromatic heterocycles. The van der Waals surface area contributed by atoms with Crippen molar-refractivity contribution >= 4 is 23.0 Å². The summed E-state index contributed by atoms with van der Waals surface area (Å²) in [6.07, 6.45) is -0.218. The molecular formula is C17H12ClF4N2+. The smallest absolute Gasteiger partial charge is 0.205 e. The maximum Gasteiger partial charge on any atom is 0.285 e. The lowest BCUT2D eigenvalue weighted by Gasteiger charge is -2.23. The minimum absolute atomic E-state index is 0.0760. The first kappa shape index (κ1) is 16.7. The predicted octanol–water partition coefficient (Wildman–Crippen LogP) is 5.37. The molecule has 3 rings (SSSR count). The van der Waals surface area contributed by atoms with Crippen molar-refractivity contribution in [2.24, 2.45) is 5.10 Å². The summed E-state index contributed by atoms with van der Waals surface area (Å²) in [6.45, 7) is 0. The van der Waals surface area contributed by atoms with Crippen LogP contribution in [0.25, 0.3) is 11.1 Å². The van der Waals surface area contributed by atoms with E-state index < -0.39 is 28.4 Å². The fraction of sp³-hybridized carbons (Fsp3) is 0.118. The van der Waals surface area contributed by atoms with E-state index in [1.54, 1.807) is 6.07 Å². The van der Waals surface area contributed by atoms with Crippen molar-refractivity contribution in [2.45, 2.75) is 6.43 Å². The van der Waals surface area contributed by atoms with Gasteiger partial charge in [0.05, 0.1) is 5.02 Å². The molecule has 1 aliphatic heterocycles. The van der Waals surface area contributed by atoms with Crippen LogP contribution in [-0.2, 0) is 0 Å². The molecule has 2 aromatic carbocycles. The van der Waals surface area contributed by atoms with Crippen molar-refractivity contribution in [1.82, 2.24) is 4.59 Å². The van der Waals surface area contributed by atoms with Crippen LogP contribution in [-0.4, -0.2) is 19.2 Å². The highest BCUT2D eigenvalue weighted by atomic mass is 35.5. The third kappa shape index (κ3) is 2.83. The Hall–Kier alpha value is -2.18. The summed E-state index contributed by atoms with van der Waals surface area (Å²) in [4.78, 5) is 0. The highest BCUT2D eigenvalue weighted by molar-refractivity contribution is 6.31. The molecule has 1 aliphatic rings. The lowest BCUT2D eigenvalue weighted by atomic mass is 10.0. The summed E-state index contributed by atoms with van der Waals surface area (Å²) < 4.78 is 53.2. The number of hydrogen-bond donors (Lipinski definition) is 0. The molecule has 1 unspecified atom stereocenters. The molecule has 0 radical (unpaired) electrons. The normalized spacial score (nSPS) is 19.9. The molecule has 0 saturated carbocycles. The molecule has 0 aliphatic carbocycles. The van der Waals surface area contributed by atoms with Gasteiger partial charge in [0, 0.05) is 11.6 Å². The van der Waals surface area contributed by atoms with E-state index in [4.69, 9.17) is 11.6 Å². The molecule has 0 N–H and O–H groups in total. The van der Waals surface area contributed by atoms with Crippen LogP contribution in [0.5, 0.6) is 0 Å². The molecule has 0 saturated heterocycles. The van der Waals surface area contributed by atoms with Gasteiger partial charge in [-0.25, -0.2) is 17.6 Å². The number of nitrogens with zero attached hydrogens (tertiary/aromatic N) is 2. The molecule has 2 nitrogen and oxygen atoms in total. The lowest BCUT2D eigenvalue weighted by molar-refractivity contribution is 0.225. The average Bonchev–Trinajstić information content (AvgIpc) is 2.93. The van der Waals surface area contributed by atoms with Gasteiger partial charge in [-0.05, 0) is 29.8 Å². The quantitative estimate of drug-likeness (QED) is 0.518. The Kier molecular flexibility index (Phi) is 4.19. The van der Waals surface area contributed by atoms with Gasteiger partial charge in [-0.15, -0.1) is 4.59 Å². The summed E-state index contributed by atoms with van der Waals surface area (Å²) >= 11 is 5.80. The second-order valence-electron chi connectivity index (χ2n) is 5.43. The summed E-state index contributed by atoms with van der Waals surface area (Å²) in [5.41, 5.74) is 0.503. The van der Waals surface area contributed by atoms with E-state index in [-0.39, 0.29) is 10.7 Å². The molecule has 124 valence electrons. The van der Waals surface area contributed by atoms with Gasteiger partial charge < -0.3 is 0 Å². The average molecular weight is 356 g/mol. The first-order chi connectivity index (χ1) is 11.3. The Balaban J connectivity index is 2.20. The fourth-order valence-electron chi connectivity index (χ4n) is 2.64. The van der Waals surface area contributed by atoms with E-state index in [2.05, 4.69) is 5.10 Å². The van der Waals surface area contributed by atoms with Gasteiger partial charge in [0.15, 0.2) is 11.5 Å². The third-order valence-electron chi connectivity index (χ3n) is 3.75. The van der Waals surface area contributed by atoms with Crippen LogP contribution in [0.2, 0.25) is 5.02 Å². The number of allylic oxidation sites excluding steroid dienone is 1. The Bertz CT molecular complexity index is 864. The maximum atomic E-state index is 14.5. The molecule has 2 aromatic rings. The first-order valence-corrected chi connectivity index (χ1v) is 7.38. The predicted molar refractivity (Wildman–Crippen MR) is 87.1 cm³/mol.